The van der Waals surface area contributed by atoms with Gasteiger partial charge in [0, 0.05) is 37.3 Å². The van der Waals surface area contributed by atoms with Crippen LogP contribution in [-0.4, -0.2) is 36.6 Å². The number of nitrogens with one attached hydrogen (secondary N) is 2. The topological polar surface area (TPSA) is 72.4 Å². The maximum Gasteiger partial charge on any atom is 0.257 e. The van der Waals surface area contributed by atoms with E-state index >= 15 is 0 Å². The Morgan fingerprint density at radius 1 is 1.00 bits per heavy atom. The van der Waals surface area contributed by atoms with Gasteiger partial charge >= 0.3 is 0 Å². The van der Waals surface area contributed by atoms with Crippen LogP contribution in [0.2, 0.25) is 5.02 Å². The second-order valence-electron chi connectivity index (χ2n) is 7.25. The summed E-state index contributed by atoms with van der Waals surface area (Å²) in [5.41, 5.74) is 4.54. The molecule has 6 nitrogen and oxygen atoms in total. The average Bonchev–Trinajstić information content (AvgIpc) is 3.03. The van der Waals surface area contributed by atoms with Crippen molar-refractivity contribution in [1.29, 1.82) is 0 Å². The van der Waals surface area contributed by atoms with Gasteiger partial charge in [0.15, 0.2) is 0 Å². The molecule has 0 fully saturated rings. The Morgan fingerprint density at radius 3 is 2.42 bits per heavy atom. The molecule has 1 heterocycles. The van der Waals surface area contributed by atoms with Crippen LogP contribution in [-0.2, 0) is 11.3 Å². The fourth-order valence-corrected chi connectivity index (χ4v) is 3.64. The third-order valence-electron chi connectivity index (χ3n) is 5.07. The van der Waals surface area contributed by atoms with Crippen molar-refractivity contribution in [3.05, 3.63) is 87.7 Å². The van der Waals surface area contributed by atoms with Crippen LogP contribution in [0.3, 0.4) is 0 Å². The number of anilines is 1. The molecule has 2 amide bonds. The molecular weight excluding hydrogens is 414 g/mol. The van der Waals surface area contributed by atoms with Crippen LogP contribution in [0.1, 0.15) is 37.7 Å². The van der Waals surface area contributed by atoms with Gasteiger partial charge in [0.05, 0.1) is 22.8 Å². The summed E-state index contributed by atoms with van der Waals surface area (Å²) in [6, 6.07) is 16.8. The highest BCUT2D eigenvalue weighted by Crippen LogP contribution is 2.23. The van der Waals surface area contributed by atoms with E-state index in [2.05, 4.69) is 27.3 Å². The molecule has 0 saturated heterocycles. The lowest BCUT2D eigenvalue weighted by Crippen LogP contribution is -2.27. The molecule has 0 atom stereocenters. The fraction of sp³-hybridized carbons (Fsp3) is 0.250. The van der Waals surface area contributed by atoms with Crippen molar-refractivity contribution in [2.24, 2.45) is 0 Å². The number of hydrogen-bond acceptors (Lipinski definition) is 3. The number of nitrogens with zero attached hydrogens (tertiary/aromatic N) is 1. The third kappa shape index (κ3) is 5.54. The fourth-order valence-electron chi connectivity index (χ4n) is 3.38. The molecule has 0 spiro atoms. The quantitative estimate of drug-likeness (QED) is 0.510. The number of rotatable bonds is 8. The monoisotopic (exact) mass is 439 g/mol. The van der Waals surface area contributed by atoms with Gasteiger partial charge in [-0.3, -0.25) is 9.59 Å². The average molecular weight is 440 g/mol. The van der Waals surface area contributed by atoms with E-state index < -0.39 is 0 Å². The lowest BCUT2D eigenvalue weighted by Gasteiger charge is -2.11. The first-order valence-corrected chi connectivity index (χ1v) is 10.4. The summed E-state index contributed by atoms with van der Waals surface area (Å²) in [5, 5.41) is 5.86. The van der Waals surface area contributed by atoms with Gasteiger partial charge < -0.3 is 19.9 Å². The first-order valence-electron chi connectivity index (χ1n) is 9.99. The van der Waals surface area contributed by atoms with E-state index in [1.54, 1.807) is 25.3 Å². The molecule has 162 valence electrons. The van der Waals surface area contributed by atoms with E-state index in [1.807, 2.05) is 38.1 Å². The van der Waals surface area contributed by atoms with Crippen LogP contribution in [0, 0.1) is 13.8 Å². The second kappa shape index (κ2) is 10.3. The SMILES string of the molecule is COCCNC(=O)c1ccc(NC(=O)c2cc(C)n(Cc3ccccc3)c2C)cc1Cl. The van der Waals surface area contributed by atoms with Gasteiger partial charge in [0.2, 0.25) is 0 Å². The Kier molecular flexibility index (Phi) is 7.50. The lowest BCUT2D eigenvalue weighted by molar-refractivity contribution is 0.0936. The number of carbonyl (C=O) groups excluding carboxylic acids is 2. The number of ether oxygens (including phenoxy) is 1. The zero-order valence-electron chi connectivity index (χ0n) is 17.9. The molecule has 2 aromatic carbocycles. The summed E-state index contributed by atoms with van der Waals surface area (Å²) >= 11 is 6.27. The highest BCUT2D eigenvalue weighted by molar-refractivity contribution is 6.34. The van der Waals surface area contributed by atoms with E-state index in [1.165, 1.54) is 5.56 Å². The van der Waals surface area contributed by atoms with E-state index in [0.29, 0.717) is 36.5 Å². The van der Waals surface area contributed by atoms with E-state index in [4.69, 9.17) is 16.3 Å². The largest absolute Gasteiger partial charge is 0.383 e. The molecule has 0 aliphatic heterocycles. The molecule has 0 radical (unpaired) electrons. The Morgan fingerprint density at radius 2 is 1.74 bits per heavy atom. The number of aromatic nitrogens is 1. The minimum Gasteiger partial charge on any atom is -0.383 e. The predicted molar refractivity (Wildman–Crippen MR) is 123 cm³/mol. The summed E-state index contributed by atoms with van der Waals surface area (Å²) in [5.74, 6) is -0.509. The molecule has 0 saturated carbocycles. The van der Waals surface area contributed by atoms with Gasteiger partial charge in [0.1, 0.15) is 0 Å². The summed E-state index contributed by atoms with van der Waals surface area (Å²) in [6.45, 7) is 5.43. The van der Waals surface area contributed by atoms with E-state index in [9.17, 15) is 9.59 Å². The molecular formula is C24H26ClN3O3. The van der Waals surface area contributed by atoms with Crippen LogP contribution in [0.5, 0.6) is 0 Å². The number of halogens is 1. The second-order valence-corrected chi connectivity index (χ2v) is 7.66. The van der Waals surface area contributed by atoms with Gasteiger partial charge in [0.25, 0.3) is 11.8 Å². The number of aryl methyl sites for hydroxylation is 1. The minimum atomic E-state index is -0.288. The Hall–Kier alpha value is -3.09. The lowest BCUT2D eigenvalue weighted by atomic mass is 10.1. The number of methoxy groups -OCH3 is 1. The summed E-state index contributed by atoms with van der Waals surface area (Å²) in [6.07, 6.45) is 0. The third-order valence-corrected chi connectivity index (χ3v) is 5.38. The van der Waals surface area contributed by atoms with Gasteiger partial charge in [-0.1, -0.05) is 41.9 Å². The summed E-state index contributed by atoms with van der Waals surface area (Å²) < 4.78 is 7.03. The highest BCUT2D eigenvalue weighted by Gasteiger charge is 2.17. The Balaban J connectivity index is 1.72. The van der Waals surface area contributed by atoms with Gasteiger partial charge in [-0.2, -0.15) is 0 Å². The first kappa shape index (κ1) is 22.6. The molecule has 0 bridgehead atoms. The number of carbonyl (C=O) groups is 2. The maximum atomic E-state index is 12.9. The molecule has 0 aliphatic rings. The minimum absolute atomic E-state index is 0.222. The molecule has 0 aliphatic carbocycles. The standard InChI is InChI=1S/C24H26ClN3O3/c1-16-13-21(17(2)28(16)15-18-7-5-4-6-8-18)24(30)27-19-9-10-20(22(25)14-19)23(29)26-11-12-31-3/h4-10,13-14H,11-12,15H2,1-3H3,(H,26,29)(H,27,30). The van der Waals surface area contributed by atoms with Gasteiger partial charge in [-0.05, 0) is 43.7 Å². The maximum absolute atomic E-state index is 12.9. The van der Waals surface area contributed by atoms with Crippen molar-refractivity contribution in [1.82, 2.24) is 9.88 Å². The molecule has 0 unspecified atom stereocenters. The zero-order chi connectivity index (χ0) is 22.4. The molecule has 2 N–H and O–H groups in total. The highest BCUT2D eigenvalue weighted by atomic mass is 35.5. The van der Waals surface area contributed by atoms with Crippen molar-refractivity contribution in [3.63, 3.8) is 0 Å². The van der Waals surface area contributed by atoms with Crippen molar-refractivity contribution in [2.45, 2.75) is 20.4 Å². The number of hydrogen-bond donors (Lipinski definition) is 2. The number of benzene rings is 2. The van der Waals surface area contributed by atoms with E-state index in [0.717, 1.165) is 11.4 Å². The normalized spacial score (nSPS) is 10.7. The van der Waals surface area contributed by atoms with Crippen LogP contribution >= 0.6 is 11.6 Å². The van der Waals surface area contributed by atoms with E-state index in [-0.39, 0.29) is 16.8 Å². The summed E-state index contributed by atoms with van der Waals surface area (Å²) in [4.78, 5) is 25.1. The first-order chi connectivity index (χ1) is 14.9. The van der Waals surface area contributed by atoms with Crippen LogP contribution in [0.15, 0.2) is 54.6 Å². The molecule has 1 aromatic heterocycles. The van der Waals surface area contributed by atoms with Crippen molar-refractivity contribution in [3.8, 4) is 0 Å². The smallest absolute Gasteiger partial charge is 0.257 e. The summed E-state index contributed by atoms with van der Waals surface area (Å²) in [7, 11) is 1.57. The van der Waals surface area contributed by atoms with Crippen LogP contribution in [0.25, 0.3) is 0 Å². The van der Waals surface area contributed by atoms with Gasteiger partial charge in [-0.25, -0.2) is 0 Å². The Bertz CT molecular complexity index is 1080. The van der Waals surface area contributed by atoms with Crippen LogP contribution < -0.4 is 10.6 Å². The predicted octanol–water partition coefficient (Wildman–Crippen LogP) is 4.44. The molecule has 31 heavy (non-hydrogen) atoms. The molecule has 3 rings (SSSR count). The van der Waals surface area contributed by atoms with Crippen LogP contribution in [0.4, 0.5) is 5.69 Å². The van der Waals surface area contributed by atoms with Crippen molar-refractivity contribution in [2.75, 3.05) is 25.6 Å². The van der Waals surface area contributed by atoms with Crippen molar-refractivity contribution >= 4 is 29.1 Å². The number of amides is 2. The van der Waals surface area contributed by atoms with Gasteiger partial charge in [-0.15, -0.1) is 0 Å². The Labute approximate surface area is 187 Å². The van der Waals surface area contributed by atoms with Crippen molar-refractivity contribution < 1.29 is 14.3 Å². The molecule has 7 heteroatoms. The molecule has 3 aromatic rings. The zero-order valence-corrected chi connectivity index (χ0v) is 18.6.